The number of amides is 1. The maximum atomic E-state index is 12.3. The van der Waals surface area contributed by atoms with Gasteiger partial charge in [0, 0.05) is 25.4 Å². The van der Waals surface area contributed by atoms with E-state index in [1.165, 1.54) is 7.11 Å². The maximum Gasteiger partial charge on any atom is 0.246 e. The predicted molar refractivity (Wildman–Crippen MR) is 84.7 cm³/mol. The van der Waals surface area contributed by atoms with Crippen LogP contribution < -0.4 is 20.1 Å². The highest BCUT2D eigenvalue weighted by atomic mass is 35.5. The van der Waals surface area contributed by atoms with Crippen molar-refractivity contribution in [3.05, 3.63) is 18.2 Å². The van der Waals surface area contributed by atoms with Crippen molar-refractivity contribution in [3.8, 4) is 11.5 Å². The van der Waals surface area contributed by atoms with Crippen LogP contribution in [0.2, 0.25) is 0 Å². The lowest BCUT2D eigenvalue weighted by molar-refractivity contribution is -0.120. The first-order valence-corrected chi connectivity index (χ1v) is 6.36. The number of benzene rings is 1. The number of halogens is 1. The Morgan fingerprint density at radius 3 is 2.33 bits per heavy atom. The van der Waals surface area contributed by atoms with Crippen molar-refractivity contribution in [1.29, 1.82) is 0 Å². The summed E-state index contributed by atoms with van der Waals surface area (Å²) in [5.41, 5.74) is 6.51. The summed E-state index contributed by atoms with van der Waals surface area (Å²) in [6, 6.07) is 4.61. The molecule has 1 atom stereocenters. The average Bonchev–Trinajstić information content (AvgIpc) is 2.47. The van der Waals surface area contributed by atoms with Crippen LogP contribution in [0.5, 0.6) is 11.5 Å². The number of nitrogens with two attached hydrogens (primary N) is 1. The highest BCUT2D eigenvalue weighted by molar-refractivity contribution is 5.97. The van der Waals surface area contributed by atoms with Crippen LogP contribution in [0.1, 0.15) is 6.92 Å². The Bertz CT molecular complexity index is 457. The zero-order valence-corrected chi connectivity index (χ0v) is 13.6. The van der Waals surface area contributed by atoms with Gasteiger partial charge in [0.1, 0.15) is 6.04 Å². The molecule has 0 aliphatic heterocycles. The van der Waals surface area contributed by atoms with E-state index in [0.29, 0.717) is 23.7 Å². The smallest absolute Gasteiger partial charge is 0.246 e. The largest absolute Gasteiger partial charge is 0.493 e. The Morgan fingerprint density at radius 2 is 1.86 bits per heavy atom. The number of likely N-dealkylation sites (N-methyl/N-ethyl adjacent to an activating group) is 1. The quantitative estimate of drug-likeness (QED) is 0.823. The molecule has 1 aromatic carbocycles. The van der Waals surface area contributed by atoms with E-state index in [1.807, 2.05) is 6.92 Å². The highest BCUT2D eigenvalue weighted by Gasteiger charge is 2.22. The molecule has 0 radical (unpaired) electrons. The predicted octanol–water partition coefficient (Wildman–Crippen LogP) is 1.45. The Kier molecular flexibility index (Phi) is 8.76. The van der Waals surface area contributed by atoms with Crippen molar-refractivity contribution in [2.24, 2.45) is 5.73 Å². The van der Waals surface area contributed by atoms with E-state index in [-0.39, 0.29) is 24.9 Å². The molecule has 0 fully saturated rings. The van der Waals surface area contributed by atoms with Crippen molar-refractivity contribution >= 4 is 24.0 Å². The van der Waals surface area contributed by atoms with Gasteiger partial charge in [0.05, 0.1) is 20.8 Å². The van der Waals surface area contributed by atoms with Gasteiger partial charge in [-0.25, -0.2) is 0 Å². The molecule has 21 heavy (non-hydrogen) atoms. The molecule has 0 saturated heterocycles. The fourth-order valence-electron chi connectivity index (χ4n) is 1.91. The third-order valence-electron chi connectivity index (χ3n) is 2.92. The van der Waals surface area contributed by atoms with E-state index in [9.17, 15) is 4.79 Å². The zero-order chi connectivity index (χ0) is 15.1. The Hall–Kier alpha value is -1.50. The van der Waals surface area contributed by atoms with E-state index >= 15 is 0 Å². The molecule has 120 valence electrons. The van der Waals surface area contributed by atoms with Crippen LogP contribution in [-0.4, -0.2) is 46.4 Å². The summed E-state index contributed by atoms with van der Waals surface area (Å²) in [5, 5.41) is 0. The number of nitrogens with zero attached hydrogens (tertiary/aromatic N) is 1. The Labute approximate surface area is 131 Å². The number of hydrogen-bond acceptors (Lipinski definition) is 5. The van der Waals surface area contributed by atoms with Gasteiger partial charge in [-0.1, -0.05) is 0 Å². The van der Waals surface area contributed by atoms with Crippen LogP contribution in [0.4, 0.5) is 5.69 Å². The Morgan fingerprint density at radius 1 is 1.24 bits per heavy atom. The van der Waals surface area contributed by atoms with E-state index in [1.54, 1.807) is 37.3 Å². The first-order valence-electron chi connectivity index (χ1n) is 6.36. The van der Waals surface area contributed by atoms with Crippen LogP contribution in [0.25, 0.3) is 0 Å². The number of carbonyl (C=O) groups excluding carboxylic acids is 1. The van der Waals surface area contributed by atoms with Gasteiger partial charge in [0.25, 0.3) is 0 Å². The summed E-state index contributed by atoms with van der Waals surface area (Å²) in [7, 11) is 4.63. The summed E-state index contributed by atoms with van der Waals surface area (Å²) in [6.45, 7) is 2.57. The van der Waals surface area contributed by atoms with Crippen LogP contribution in [0, 0.1) is 0 Å². The highest BCUT2D eigenvalue weighted by Crippen LogP contribution is 2.31. The molecule has 1 rings (SSSR count). The molecule has 0 heterocycles. The second-order valence-electron chi connectivity index (χ2n) is 4.18. The van der Waals surface area contributed by atoms with E-state index < -0.39 is 6.04 Å². The molecule has 0 aromatic heterocycles. The number of anilines is 1. The molecule has 0 saturated carbocycles. The molecule has 0 spiro atoms. The van der Waals surface area contributed by atoms with Gasteiger partial charge >= 0.3 is 0 Å². The second-order valence-corrected chi connectivity index (χ2v) is 4.18. The standard InChI is InChI=1S/C14H22N2O4.ClH/c1-5-16(14(17)11(15)9-18-2)10-6-7-12(19-3)13(8-10)20-4;/h6-8,11H,5,9,15H2,1-4H3;1H. The van der Waals surface area contributed by atoms with Gasteiger partial charge in [0.2, 0.25) is 5.91 Å². The summed E-state index contributed by atoms with van der Waals surface area (Å²) >= 11 is 0. The monoisotopic (exact) mass is 318 g/mol. The zero-order valence-electron chi connectivity index (χ0n) is 12.8. The fraction of sp³-hybridized carbons (Fsp3) is 0.500. The lowest BCUT2D eigenvalue weighted by Gasteiger charge is -2.25. The van der Waals surface area contributed by atoms with Gasteiger partial charge in [-0.15, -0.1) is 12.4 Å². The molecule has 1 unspecified atom stereocenters. The first-order chi connectivity index (χ1) is 9.58. The third kappa shape index (κ3) is 4.77. The topological polar surface area (TPSA) is 74.0 Å². The van der Waals surface area contributed by atoms with Crippen molar-refractivity contribution in [2.75, 3.05) is 39.4 Å². The number of rotatable bonds is 7. The van der Waals surface area contributed by atoms with Crippen molar-refractivity contribution in [2.45, 2.75) is 13.0 Å². The van der Waals surface area contributed by atoms with Gasteiger partial charge in [-0.05, 0) is 19.1 Å². The molecule has 0 aliphatic carbocycles. The minimum atomic E-state index is -0.687. The second kappa shape index (κ2) is 9.44. The molecule has 0 bridgehead atoms. The van der Waals surface area contributed by atoms with Crippen molar-refractivity contribution in [1.82, 2.24) is 0 Å². The summed E-state index contributed by atoms with van der Waals surface area (Å²) in [4.78, 5) is 13.9. The van der Waals surface area contributed by atoms with Crippen LogP contribution in [0.3, 0.4) is 0 Å². The van der Waals surface area contributed by atoms with Gasteiger partial charge in [-0.2, -0.15) is 0 Å². The molecular weight excluding hydrogens is 296 g/mol. The summed E-state index contributed by atoms with van der Waals surface area (Å²) in [6.07, 6.45) is 0. The molecule has 2 N–H and O–H groups in total. The fourth-order valence-corrected chi connectivity index (χ4v) is 1.91. The number of ether oxygens (including phenoxy) is 3. The lowest BCUT2D eigenvalue weighted by Crippen LogP contribution is -2.46. The van der Waals surface area contributed by atoms with Crippen LogP contribution in [0.15, 0.2) is 18.2 Å². The van der Waals surface area contributed by atoms with Crippen molar-refractivity contribution < 1.29 is 19.0 Å². The van der Waals surface area contributed by atoms with Gasteiger partial charge < -0.3 is 24.8 Å². The average molecular weight is 319 g/mol. The van der Waals surface area contributed by atoms with Gasteiger partial charge in [-0.3, -0.25) is 4.79 Å². The van der Waals surface area contributed by atoms with E-state index in [0.717, 1.165) is 0 Å². The maximum absolute atomic E-state index is 12.3. The molecule has 7 heteroatoms. The summed E-state index contributed by atoms with van der Waals surface area (Å²) in [5.74, 6) is 0.985. The molecule has 1 amide bonds. The number of carbonyl (C=O) groups is 1. The minimum Gasteiger partial charge on any atom is -0.493 e. The lowest BCUT2D eigenvalue weighted by atomic mass is 10.2. The minimum absolute atomic E-state index is 0. The normalized spacial score (nSPS) is 11.3. The summed E-state index contributed by atoms with van der Waals surface area (Å²) < 4.78 is 15.3. The molecule has 1 aromatic rings. The number of hydrogen-bond donors (Lipinski definition) is 1. The SMILES string of the molecule is CCN(C(=O)C(N)COC)c1ccc(OC)c(OC)c1.Cl. The number of methoxy groups -OCH3 is 3. The van der Waals surface area contributed by atoms with Crippen LogP contribution in [-0.2, 0) is 9.53 Å². The van der Waals surface area contributed by atoms with Gasteiger partial charge in [0.15, 0.2) is 11.5 Å². The van der Waals surface area contributed by atoms with Crippen LogP contribution >= 0.6 is 12.4 Å². The molecule has 0 aliphatic rings. The first kappa shape index (κ1) is 19.5. The molecular formula is C14H23ClN2O4. The van der Waals surface area contributed by atoms with Crippen molar-refractivity contribution in [3.63, 3.8) is 0 Å². The van der Waals surface area contributed by atoms with E-state index in [4.69, 9.17) is 19.9 Å². The third-order valence-corrected chi connectivity index (χ3v) is 2.92. The van der Waals surface area contributed by atoms with E-state index in [2.05, 4.69) is 0 Å². The Balaban J connectivity index is 0.00000400. The molecule has 6 nitrogen and oxygen atoms in total.